The van der Waals surface area contributed by atoms with Crippen LogP contribution in [0.3, 0.4) is 0 Å². The summed E-state index contributed by atoms with van der Waals surface area (Å²) in [6.45, 7) is 4.10. The third-order valence-electron chi connectivity index (χ3n) is 1.25. The summed E-state index contributed by atoms with van der Waals surface area (Å²) >= 11 is 3.38. The van der Waals surface area contributed by atoms with E-state index in [1.807, 2.05) is 13.8 Å². The predicted octanol–water partition coefficient (Wildman–Crippen LogP) is 1.99. The molecule has 0 bridgehead atoms. The average molecular weight is 179 g/mol. The van der Waals surface area contributed by atoms with E-state index in [-0.39, 0.29) is 0 Å². The number of carbonyl (C=O) groups excluding carboxylic acids is 1. The molecule has 1 nitrogen and oxygen atoms in total. The normalized spacial score (nSPS) is 17.4. The molecule has 0 aliphatic heterocycles. The molecule has 0 aliphatic carbocycles. The van der Waals surface area contributed by atoms with E-state index in [1.165, 1.54) is 0 Å². The van der Waals surface area contributed by atoms with E-state index in [4.69, 9.17) is 0 Å². The molecule has 0 aromatic rings. The molecule has 0 N–H and O–H groups in total. The lowest BCUT2D eigenvalue weighted by Gasteiger charge is -2.08. The van der Waals surface area contributed by atoms with Crippen LogP contribution in [0.25, 0.3) is 0 Å². The zero-order chi connectivity index (χ0) is 6.57. The Labute approximate surface area is 58.6 Å². The van der Waals surface area contributed by atoms with Gasteiger partial charge in [0.1, 0.15) is 6.29 Å². The maximum atomic E-state index is 9.90. The molecule has 0 spiro atoms. The first kappa shape index (κ1) is 8.15. The molecule has 0 aromatic carbocycles. The van der Waals surface area contributed by atoms with Crippen LogP contribution < -0.4 is 0 Å². The second-order valence-electron chi connectivity index (χ2n) is 2.06. The summed E-state index contributed by atoms with van der Waals surface area (Å²) in [5.74, 6) is 0.465. The van der Waals surface area contributed by atoms with Gasteiger partial charge in [0.05, 0.1) is 0 Å². The Morgan fingerprint density at radius 2 is 2.12 bits per heavy atom. The highest BCUT2D eigenvalue weighted by molar-refractivity contribution is 9.09. The van der Waals surface area contributed by atoms with Crippen LogP contribution in [-0.2, 0) is 4.79 Å². The summed E-state index contributed by atoms with van der Waals surface area (Å²) in [6.07, 6.45) is 1.62. The quantitative estimate of drug-likeness (QED) is 0.478. The second-order valence-corrected chi connectivity index (χ2v) is 3.50. The van der Waals surface area contributed by atoms with Crippen molar-refractivity contribution in [3.8, 4) is 0 Å². The molecule has 0 fully saturated rings. The van der Waals surface area contributed by atoms with Crippen molar-refractivity contribution in [2.24, 2.45) is 5.92 Å². The van der Waals surface area contributed by atoms with Crippen LogP contribution in [0.5, 0.6) is 0 Å². The molecule has 0 rings (SSSR count). The van der Waals surface area contributed by atoms with Gasteiger partial charge < -0.3 is 4.79 Å². The van der Waals surface area contributed by atoms with Crippen molar-refractivity contribution in [1.29, 1.82) is 0 Å². The Balaban J connectivity index is 3.30. The maximum absolute atomic E-state index is 9.90. The van der Waals surface area contributed by atoms with Crippen molar-refractivity contribution >= 4 is 22.2 Å². The van der Waals surface area contributed by atoms with Gasteiger partial charge in [0.15, 0.2) is 0 Å². The van der Waals surface area contributed by atoms with E-state index < -0.39 is 0 Å². The first-order valence-corrected chi connectivity index (χ1v) is 3.67. The number of halogens is 1. The Bertz CT molecular complexity index is 70.9. The van der Waals surface area contributed by atoms with E-state index in [0.29, 0.717) is 17.2 Å². The highest BCUT2D eigenvalue weighted by atomic mass is 79.9. The predicted molar refractivity (Wildman–Crippen MR) is 38.2 cm³/mol. The summed E-state index contributed by atoms with van der Waals surface area (Å²) in [5, 5.41) is 0. The highest BCUT2D eigenvalue weighted by Crippen LogP contribution is 2.13. The molecular weight excluding hydrogens is 168 g/mol. The van der Waals surface area contributed by atoms with E-state index in [1.54, 1.807) is 0 Å². The SMILES string of the molecule is CC(Br)C(C)CC=O. The molecule has 2 unspecified atom stereocenters. The van der Waals surface area contributed by atoms with E-state index >= 15 is 0 Å². The molecule has 0 saturated heterocycles. The minimum absolute atomic E-state index is 0.452. The van der Waals surface area contributed by atoms with Crippen LogP contribution in [0.2, 0.25) is 0 Å². The fourth-order valence-electron chi connectivity index (χ4n) is 0.339. The Hall–Kier alpha value is 0.150. The van der Waals surface area contributed by atoms with Gasteiger partial charge >= 0.3 is 0 Å². The molecule has 48 valence electrons. The van der Waals surface area contributed by atoms with E-state index in [2.05, 4.69) is 15.9 Å². The van der Waals surface area contributed by atoms with Crippen molar-refractivity contribution in [2.75, 3.05) is 0 Å². The largest absolute Gasteiger partial charge is 0.303 e. The van der Waals surface area contributed by atoms with Gasteiger partial charge in [0.25, 0.3) is 0 Å². The molecule has 0 heterocycles. The van der Waals surface area contributed by atoms with Crippen molar-refractivity contribution < 1.29 is 4.79 Å². The summed E-state index contributed by atoms with van der Waals surface area (Å²) in [6, 6.07) is 0. The van der Waals surface area contributed by atoms with Crippen LogP contribution in [0.15, 0.2) is 0 Å². The molecule has 2 heteroatoms. The summed E-state index contributed by atoms with van der Waals surface area (Å²) in [5.41, 5.74) is 0. The van der Waals surface area contributed by atoms with Crippen molar-refractivity contribution in [2.45, 2.75) is 25.1 Å². The van der Waals surface area contributed by atoms with Crippen molar-refractivity contribution in [3.05, 3.63) is 0 Å². The number of hydrogen-bond donors (Lipinski definition) is 0. The minimum Gasteiger partial charge on any atom is -0.303 e. The van der Waals surface area contributed by atoms with Crippen molar-refractivity contribution in [3.63, 3.8) is 0 Å². The van der Waals surface area contributed by atoms with Gasteiger partial charge in [-0.2, -0.15) is 0 Å². The first-order chi connectivity index (χ1) is 3.68. The molecular formula is C6H11BrO. The third kappa shape index (κ3) is 3.19. The lowest BCUT2D eigenvalue weighted by molar-refractivity contribution is -0.108. The minimum atomic E-state index is 0.452. The van der Waals surface area contributed by atoms with Gasteiger partial charge in [-0.15, -0.1) is 0 Å². The zero-order valence-electron chi connectivity index (χ0n) is 5.23. The zero-order valence-corrected chi connectivity index (χ0v) is 6.81. The monoisotopic (exact) mass is 178 g/mol. The highest BCUT2D eigenvalue weighted by Gasteiger charge is 2.05. The molecule has 0 aromatic heterocycles. The summed E-state index contributed by atoms with van der Waals surface area (Å²) in [4.78, 5) is 10.4. The Morgan fingerprint density at radius 3 is 2.25 bits per heavy atom. The number of hydrogen-bond acceptors (Lipinski definition) is 1. The smallest absolute Gasteiger partial charge is 0.120 e. The molecule has 2 atom stereocenters. The second kappa shape index (κ2) is 4.07. The molecule has 0 aliphatic rings. The van der Waals surface area contributed by atoms with Gasteiger partial charge in [-0.3, -0.25) is 0 Å². The van der Waals surface area contributed by atoms with Crippen LogP contribution in [0.1, 0.15) is 20.3 Å². The number of rotatable bonds is 3. The number of alkyl halides is 1. The molecule has 8 heavy (non-hydrogen) atoms. The van der Waals surface area contributed by atoms with Gasteiger partial charge in [-0.05, 0) is 5.92 Å². The fourth-order valence-corrected chi connectivity index (χ4v) is 0.555. The lowest BCUT2D eigenvalue weighted by Crippen LogP contribution is -2.05. The first-order valence-electron chi connectivity index (χ1n) is 2.76. The third-order valence-corrected chi connectivity index (χ3v) is 2.15. The maximum Gasteiger partial charge on any atom is 0.120 e. The van der Waals surface area contributed by atoms with Crippen LogP contribution in [0, 0.1) is 5.92 Å². The molecule has 0 amide bonds. The lowest BCUT2D eigenvalue weighted by atomic mass is 10.1. The van der Waals surface area contributed by atoms with E-state index in [0.717, 1.165) is 6.29 Å². The van der Waals surface area contributed by atoms with Gasteiger partial charge in [-0.25, -0.2) is 0 Å². The summed E-state index contributed by atoms with van der Waals surface area (Å²) < 4.78 is 0. The average Bonchev–Trinajstić information content (AvgIpc) is 1.67. The summed E-state index contributed by atoms with van der Waals surface area (Å²) in [7, 11) is 0. The molecule has 0 radical (unpaired) electrons. The topological polar surface area (TPSA) is 17.1 Å². The Kier molecular flexibility index (Phi) is 4.15. The van der Waals surface area contributed by atoms with Crippen molar-refractivity contribution in [1.82, 2.24) is 0 Å². The fraction of sp³-hybridized carbons (Fsp3) is 0.833. The van der Waals surface area contributed by atoms with Gasteiger partial charge in [0.2, 0.25) is 0 Å². The van der Waals surface area contributed by atoms with Crippen LogP contribution >= 0.6 is 15.9 Å². The van der Waals surface area contributed by atoms with Crippen LogP contribution in [-0.4, -0.2) is 11.1 Å². The van der Waals surface area contributed by atoms with Crippen LogP contribution in [0.4, 0.5) is 0 Å². The van der Waals surface area contributed by atoms with Gasteiger partial charge in [0, 0.05) is 11.2 Å². The van der Waals surface area contributed by atoms with Gasteiger partial charge in [-0.1, -0.05) is 29.8 Å². The number of carbonyl (C=O) groups is 1. The Morgan fingerprint density at radius 1 is 1.62 bits per heavy atom. The number of aldehydes is 1. The standard InChI is InChI=1S/C6H11BrO/c1-5(3-4-8)6(2)7/h4-6H,3H2,1-2H3. The van der Waals surface area contributed by atoms with E-state index in [9.17, 15) is 4.79 Å². The molecule has 0 saturated carbocycles.